The monoisotopic (exact) mass is 523 g/mol. The van der Waals surface area contributed by atoms with Crippen molar-refractivity contribution in [3.05, 3.63) is 119 Å². The molecular weight excluding hydrogens is 490 g/mol. The Bertz CT molecular complexity index is 1400. The quantitative estimate of drug-likeness (QED) is 0.163. The molecule has 0 aliphatic heterocycles. The predicted molar refractivity (Wildman–Crippen MR) is 152 cm³/mol. The minimum absolute atomic E-state index is 0.0497. The molecular formula is C33H33NO5. The van der Waals surface area contributed by atoms with Gasteiger partial charge in [-0.15, -0.1) is 0 Å². The largest absolute Gasteiger partial charge is 0.497 e. The Hall–Kier alpha value is -4.58. The van der Waals surface area contributed by atoms with Crippen LogP contribution in [0.25, 0.3) is 0 Å². The van der Waals surface area contributed by atoms with Gasteiger partial charge >= 0.3 is 5.97 Å². The average Bonchev–Trinajstić information content (AvgIpc) is 2.95. The lowest BCUT2D eigenvalue weighted by Crippen LogP contribution is -2.34. The van der Waals surface area contributed by atoms with E-state index in [1.54, 1.807) is 31.4 Å². The molecule has 0 atom stereocenters. The first kappa shape index (κ1) is 27.5. The van der Waals surface area contributed by atoms with Gasteiger partial charge in [0.2, 0.25) is 0 Å². The molecule has 1 amide bonds. The highest BCUT2D eigenvalue weighted by molar-refractivity contribution is 5.94. The summed E-state index contributed by atoms with van der Waals surface area (Å²) in [6, 6.07) is 30.6. The summed E-state index contributed by atoms with van der Waals surface area (Å²) < 4.78 is 16.5. The highest BCUT2D eigenvalue weighted by Crippen LogP contribution is 2.28. The molecule has 0 spiro atoms. The third-order valence-corrected chi connectivity index (χ3v) is 6.35. The van der Waals surface area contributed by atoms with Crippen LogP contribution in [0.3, 0.4) is 0 Å². The summed E-state index contributed by atoms with van der Waals surface area (Å²) in [6.07, 6.45) is 1.49. The van der Waals surface area contributed by atoms with Gasteiger partial charge in [0.25, 0.3) is 5.91 Å². The van der Waals surface area contributed by atoms with Gasteiger partial charge in [0.15, 0.2) is 0 Å². The molecule has 0 fully saturated rings. The summed E-state index contributed by atoms with van der Waals surface area (Å²) in [5.74, 6) is 2.02. The topological polar surface area (TPSA) is 65.1 Å². The molecule has 6 nitrogen and oxygen atoms in total. The lowest BCUT2D eigenvalue weighted by atomic mass is 10.1. The van der Waals surface area contributed by atoms with E-state index in [1.165, 1.54) is 12.5 Å². The number of carbonyl (C=O) groups is 2. The molecule has 0 heterocycles. The zero-order valence-corrected chi connectivity index (χ0v) is 22.6. The fourth-order valence-electron chi connectivity index (χ4n) is 4.25. The normalized spacial score (nSPS) is 10.5. The van der Waals surface area contributed by atoms with Gasteiger partial charge in [-0.1, -0.05) is 48.5 Å². The Balaban J connectivity index is 1.49. The molecule has 0 saturated carbocycles. The minimum Gasteiger partial charge on any atom is -0.497 e. The van der Waals surface area contributed by atoms with E-state index >= 15 is 0 Å². The number of nitrogens with zero attached hydrogens (tertiary/aromatic N) is 1. The van der Waals surface area contributed by atoms with Crippen LogP contribution in [0.1, 0.15) is 34.0 Å². The Labute approximate surface area is 229 Å². The Morgan fingerprint density at radius 3 is 2.00 bits per heavy atom. The molecule has 0 aromatic heterocycles. The van der Waals surface area contributed by atoms with Crippen LogP contribution in [0, 0.1) is 6.92 Å². The number of aryl methyl sites for hydroxylation is 1. The van der Waals surface area contributed by atoms with Gasteiger partial charge in [0, 0.05) is 25.6 Å². The van der Waals surface area contributed by atoms with Crippen LogP contribution in [0.15, 0.2) is 97.1 Å². The van der Waals surface area contributed by atoms with Crippen LogP contribution in [0.2, 0.25) is 0 Å². The molecule has 0 unspecified atom stereocenters. The van der Waals surface area contributed by atoms with Crippen LogP contribution >= 0.6 is 0 Å². The fraction of sp³-hybridized carbons (Fsp3) is 0.212. The molecule has 39 heavy (non-hydrogen) atoms. The molecule has 4 aromatic rings. The van der Waals surface area contributed by atoms with E-state index in [4.69, 9.17) is 14.2 Å². The van der Waals surface area contributed by atoms with Crippen molar-refractivity contribution in [2.75, 3.05) is 20.2 Å². The summed E-state index contributed by atoms with van der Waals surface area (Å²) >= 11 is 0. The van der Waals surface area contributed by atoms with Crippen molar-refractivity contribution in [3.8, 4) is 23.0 Å². The second kappa shape index (κ2) is 13.3. The fourth-order valence-corrected chi connectivity index (χ4v) is 4.25. The summed E-state index contributed by atoms with van der Waals surface area (Å²) in [5, 5.41) is 0. The van der Waals surface area contributed by atoms with Crippen molar-refractivity contribution in [3.63, 3.8) is 0 Å². The molecule has 4 aromatic carbocycles. The van der Waals surface area contributed by atoms with Gasteiger partial charge in [-0.2, -0.15) is 0 Å². The van der Waals surface area contributed by atoms with E-state index in [1.807, 2.05) is 72.5 Å². The number of carbonyl (C=O) groups excluding carboxylic acids is 2. The molecule has 0 aliphatic rings. The standard InChI is InChI=1S/C33H33NO5/c1-24-22-31(16-17-32(24)38-25(2)35)39-30-11-7-10-28(23-30)33(36)34(20-18-26-8-5-4-6-9-26)21-19-27-12-14-29(37-3)15-13-27/h4-17,22-23H,18-21H2,1-3H3. The van der Waals surface area contributed by atoms with E-state index in [-0.39, 0.29) is 11.9 Å². The Morgan fingerprint density at radius 1 is 0.718 bits per heavy atom. The van der Waals surface area contributed by atoms with Crippen LogP contribution in [-0.2, 0) is 17.6 Å². The highest BCUT2D eigenvalue weighted by atomic mass is 16.5. The van der Waals surface area contributed by atoms with Crippen molar-refractivity contribution in [1.29, 1.82) is 0 Å². The lowest BCUT2D eigenvalue weighted by molar-refractivity contribution is -0.131. The van der Waals surface area contributed by atoms with E-state index in [9.17, 15) is 9.59 Å². The summed E-state index contributed by atoms with van der Waals surface area (Å²) in [4.78, 5) is 26.9. The first-order chi connectivity index (χ1) is 18.9. The SMILES string of the molecule is COc1ccc(CCN(CCc2ccccc2)C(=O)c2cccc(Oc3ccc(OC(C)=O)c(C)c3)c2)cc1. The molecule has 0 N–H and O–H groups in total. The molecule has 0 aliphatic carbocycles. The highest BCUT2D eigenvalue weighted by Gasteiger charge is 2.17. The lowest BCUT2D eigenvalue weighted by Gasteiger charge is -2.23. The molecule has 4 rings (SSSR count). The van der Waals surface area contributed by atoms with Crippen LogP contribution < -0.4 is 14.2 Å². The minimum atomic E-state index is -0.373. The van der Waals surface area contributed by atoms with Gasteiger partial charge < -0.3 is 19.1 Å². The first-order valence-corrected chi connectivity index (χ1v) is 12.9. The van der Waals surface area contributed by atoms with Gasteiger partial charge in [-0.25, -0.2) is 0 Å². The summed E-state index contributed by atoms with van der Waals surface area (Å²) in [6.45, 7) is 4.39. The van der Waals surface area contributed by atoms with Gasteiger partial charge in [-0.3, -0.25) is 9.59 Å². The third kappa shape index (κ3) is 7.95. The number of rotatable bonds is 11. The predicted octanol–water partition coefficient (Wildman–Crippen LogP) is 6.65. The van der Waals surface area contributed by atoms with Crippen molar-refractivity contribution in [1.82, 2.24) is 4.90 Å². The van der Waals surface area contributed by atoms with E-state index < -0.39 is 0 Å². The van der Waals surface area contributed by atoms with E-state index in [2.05, 4.69) is 12.1 Å². The third-order valence-electron chi connectivity index (χ3n) is 6.35. The van der Waals surface area contributed by atoms with Gasteiger partial charge in [-0.05, 0) is 85.0 Å². The molecule has 200 valence electrons. The van der Waals surface area contributed by atoms with Crippen LogP contribution in [0.4, 0.5) is 0 Å². The first-order valence-electron chi connectivity index (χ1n) is 12.9. The Kier molecular flexibility index (Phi) is 9.35. The molecule has 6 heteroatoms. The zero-order valence-electron chi connectivity index (χ0n) is 22.6. The van der Waals surface area contributed by atoms with Gasteiger partial charge in [0.05, 0.1) is 7.11 Å². The van der Waals surface area contributed by atoms with E-state index in [0.717, 1.165) is 29.7 Å². The van der Waals surface area contributed by atoms with Crippen LogP contribution in [-0.4, -0.2) is 37.0 Å². The maximum atomic E-state index is 13.7. The van der Waals surface area contributed by atoms with Crippen molar-refractivity contribution in [2.45, 2.75) is 26.7 Å². The maximum absolute atomic E-state index is 13.7. The van der Waals surface area contributed by atoms with Crippen molar-refractivity contribution >= 4 is 11.9 Å². The number of benzene rings is 4. The van der Waals surface area contributed by atoms with Crippen LogP contribution in [0.5, 0.6) is 23.0 Å². The number of esters is 1. The Morgan fingerprint density at radius 2 is 1.36 bits per heavy atom. The zero-order chi connectivity index (χ0) is 27.6. The molecule has 0 saturated heterocycles. The van der Waals surface area contributed by atoms with Crippen molar-refractivity contribution in [2.24, 2.45) is 0 Å². The maximum Gasteiger partial charge on any atom is 0.308 e. The molecule has 0 bridgehead atoms. The van der Waals surface area contributed by atoms with Crippen molar-refractivity contribution < 1.29 is 23.8 Å². The average molecular weight is 524 g/mol. The number of hydrogen-bond donors (Lipinski definition) is 0. The number of ether oxygens (including phenoxy) is 3. The second-order valence-corrected chi connectivity index (χ2v) is 9.28. The second-order valence-electron chi connectivity index (χ2n) is 9.28. The number of amides is 1. The number of hydrogen-bond acceptors (Lipinski definition) is 5. The van der Waals surface area contributed by atoms with E-state index in [0.29, 0.717) is 35.9 Å². The van der Waals surface area contributed by atoms with Gasteiger partial charge in [0.1, 0.15) is 23.0 Å². The number of methoxy groups -OCH3 is 1. The summed E-state index contributed by atoms with van der Waals surface area (Å²) in [5.41, 5.74) is 3.66. The smallest absolute Gasteiger partial charge is 0.308 e. The summed E-state index contributed by atoms with van der Waals surface area (Å²) in [7, 11) is 1.65. The molecule has 0 radical (unpaired) electrons.